The molecular weight excluding hydrogens is 524 g/mol. The summed E-state index contributed by atoms with van der Waals surface area (Å²) >= 11 is 0. The highest BCUT2D eigenvalue weighted by Crippen LogP contribution is 2.45. The van der Waals surface area contributed by atoms with Gasteiger partial charge in [0.1, 0.15) is 11.5 Å². The number of anilines is 2. The van der Waals surface area contributed by atoms with Crippen LogP contribution in [0.3, 0.4) is 0 Å². The second-order valence-electron chi connectivity index (χ2n) is 8.86. The zero-order chi connectivity index (χ0) is 28.3. The summed E-state index contributed by atoms with van der Waals surface area (Å²) in [5, 5.41) is 10.3. The molecule has 0 aromatic heterocycles. The van der Waals surface area contributed by atoms with Crippen molar-refractivity contribution < 1.29 is 32.2 Å². The first-order valence-corrected chi connectivity index (χ1v) is 13.9. The first-order chi connectivity index (χ1) is 18.6. The van der Waals surface area contributed by atoms with Crippen LogP contribution in [0.2, 0.25) is 0 Å². The molecule has 1 unspecified atom stereocenters. The van der Waals surface area contributed by atoms with Crippen LogP contribution in [0.15, 0.2) is 76.1 Å². The Morgan fingerprint density at radius 1 is 1.05 bits per heavy atom. The number of esters is 2. The van der Waals surface area contributed by atoms with E-state index in [9.17, 15) is 23.3 Å². The maximum atomic E-state index is 13.4. The van der Waals surface area contributed by atoms with Crippen molar-refractivity contribution >= 4 is 33.2 Å². The van der Waals surface area contributed by atoms with Crippen LogP contribution in [-0.4, -0.2) is 67.1 Å². The highest BCUT2D eigenvalue weighted by atomic mass is 32.2. The van der Waals surface area contributed by atoms with E-state index in [1.54, 1.807) is 42.5 Å². The van der Waals surface area contributed by atoms with E-state index < -0.39 is 27.7 Å². The van der Waals surface area contributed by atoms with Gasteiger partial charge >= 0.3 is 11.9 Å². The van der Waals surface area contributed by atoms with E-state index >= 15 is 0 Å². The zero-order valence-corrected chi connectivity index (χ0v) is 22.5. The topological polar surface area (TPSA) is 152 Å². The molecule has 2 aliphatic rings. The fourth-order valence-electron chi connectivity index (χ4n) is 4.78. The van der Waals surface area contributed by atoms with Crippen molar-refractivity contribution in [1.82, 2.24) is 0 Å². The molecule has 4 rings (SSSR count). The highest BCUT2D eigenvalue weighted by Gasteiger charge is 2.44. The minimum absolute atomic E-state index is 0.0138. The molecule has 2 N–H and O–H groups in total. The summed E-state index contributed by atoms with van der Waals surface area (Å²) in [7, 11) is -1.61. The number of benzene rings is 2. The van der Waals surface area contributed by atoms with Crippen molar-refractivity contribution in [3.63, 3.8) is 0 Å². The Hall–Kier alpha value is -4.34. The lowest BCUT2D eigenvalue weighted by atomic mass is 9.81. The van der Waals surface area contributed by atoms with Gasteiger partial charge in [0.15, 0.2) is 9.84 Å². The first kappa shape index (κ1) is 27.7. The van der Waals surface area contributed by atoms with Gasteiger partial charge in [0.05, 0.1) is 61.1 Å². The number of sulfone groups is 1. The predicted octanol–water partition coefficient (Wildman–Crippen LogP) is 1.82. The summed E-state index contributed by atoms with van der Waals surface area (Å²) in [5.74, 6) is -3.16. The van der Waals surface area contributed by atoms with E-state index in [0.29, 0.717) is 37.6 Å². The zero-order valence-electron chi connectivity index (χ0n) is 21.7. The van der Waals surface area contributed by atoms with Gasteiger partial charge in [0.2, 0.25) is 0 Å². The Morgan fingerprint density at radius 3 is 2.26 bits per heavy atom. The molecular formula is C27H28N4O7S. The fourth-order valence-corrected chi connectivity index (χ4v) is 5.62. The Balaban J connectivity index is 2.10. The van der Waals surface area contributed by atoms with Gasteiger partial charge in [-0.3, -0.25) is 4.90 Å². The number of allylic oxidation sites excluding steroid dienone is 1. The summed E-state index contributed by atoms with van der Waals surface area (Å²) in [6, 6.07) is 15.2. The van der Waals surface area contributed by atoms with Gasteiger partial charge in [-0.1, -0.05) is 30.3 Å². The number of ether oxygens (including phenoxy) is 3. The van der Waals surface area contributed by atoms with Crippen LogP contribution < -0.4 is 15.5 Å². The van der Waals surface area contributed by atoms with Gasteiger partial charge < -0.3 is 24.8 Å². The third-order valence-electron chi connectivity index (χ3n) is 6.57. The summed E-state index contributed by atoms with van der Waals surface area (Å²) in [4.78, 5) is 29.6. The molecule has 11 nitrogen and oxygen atoms in total. The van der Waals surface area contributed by atoms with Crippen LogP contribution in [0, 0.1) is 11.3 Å². The maximum absolute atomic E-state index is 13.4. The number of rotatable bonds is 6. The summed E-state index contributed by atoms with van der Waals surface area (Å²) in [5.41, 5.74) is 7.09. The number of morpholine rings is 1. The average Bonchev–Trinajstić information content (AvgIpc) is 2.95. The number of hydrogen-bond acceptors (Lipinski definition) is 11. The van der Waals surface area contributed by atoms with Crippen molar-refractivity contribution in [3.05, 3.63) is 76.8 Å². The predicted molar refractivity (Wildman–Crippen MR) is 142 cm³/mol. The Bertz CT molecular complexity index is 1500. The van der Waals surface area contributed by atoms with E-state index in [0.717, 1.165) is 25.4 Å². The van der Waals surface area contributed by atoms with Crippen LogP contribution in [0.25, 0.3) is 0 Å². The molecule has 2 aromatic rings. The minimum atomic E-state index is -3.88. The van der Waals surface area contributed by atoms with Crippen molar-refractivity contribution in [2.75, 3.05) is 56.6 Å². The van der Waals surface area contributed by atoms with Crippen molar-refractivity contribution in [2.24, 2.45) is 5.73 Å². The molecule has 204 valence electrons. The maximum Gasteiger partial charge on any atom is 0.355 e. The smallest absolute Gasteiger partial charge is 0.355 e. The standard InChI is InChI=1S/C27H28N4O7S/c1-36-26(32)23-22(17-7-5-4-6-8-17)19(16-28)25(29)31(24(23)27(33)37-2)20-15-18(30-11-13-38-14-12-30)9-10-21(20)39(3,34)35/h4-10,15,22H,11-14,29H2,1-3H3. The van der Waals surface area contributed by atoms with Gasteiger partial charge in [0.25, 0.3) is 0 Å². The largest absolute Gasteiger partial charge is 0.466 e. The molecule has 0 saturated carbocycles. The molecule has 0 amide bonds. The number of nitriles is 1. The molecule has 2 heterocycles. The summed E-state index contributed by atoms with van der Waals surface area (Å²) in [6.07, 6.45) is 1.02. The number of methoxy groups -OCH3 is 2. The molecule has 0 radical (unpaired) electrons. The molecule has 2 aromatic carbocycles. The molecule has 1 fully saturated rings. The Labute approximate surface area is 226 Å². The van der Waals surface area contributed by atoms with Crippen molar-refractivity contribution in [1.29, 1.82) is 5.26 Å². The number of nitrogens with zero attached hydrogens (tertiary/aromatic N) is 3. The summed E-state index contributed by atoms with van der Waals surface area (Å²) in [6.45, 7) is 2.06. The number of carbonyl (C=O) groups is 2. The number of carbonyl (C=O) groups excluding carboxylic acids is 2. The molecule has 0 bridgehead atoms. The van der Waals surface area contributed by atoms with E-state index in [2.05, 4.69) is 6.07 Å². The minimum Gasteiger partial charge on any atom is -0.466 e. The van der Waals surface area contributed by atoms with Crippen LogP contribution in [0.5, 0.6) is 0 Å². The molecule has 1 atom stereocenters. The lowest BCUT2D eigenvalue weighted by Crippen LogP contribution is -2.41. The van der Waals surface area contributed by atoms with Gasteiger partial charge in [-0.05, 0) is 23.8 Å². The highest BCUT2D eigenvalue weighted by molar-refractivity contribution is 7.90. The molecule has 0 spiro atoms. The molecule has 2 aliphatic heterocycles. The van der Waals surface area contributed by atoms with Crippen LogP contribution in [-0.2, 0) is 33.6 Å². The van der Waals surface area contributed by atoms with Crippen LogP contribution in [0.4, 0.5) is 11.4 Å². The third-order valence-corrected chi connectivity index (χ3v) is 7.71. The van der Waals surface area contributed by atoms with Gasteiger partial charge in [-0.15, -0.1) is 0 Å². The quantitative estimate of drug-likeness (QED) is 0.522. The Morgan fingerprint density at radius 2 is 1.69 bits per heavy atom. The lowest BCUT2D eigenvalue weighted by molar-refractivity contribution is -0.139. The molecule has 1 saturated heterocycles. The second-order valence-corrected chi connectivity index (χ2v) is 10.8. The molecule has 0 aliphatic carbocycles. The van der Waals surface area contributed by atoms with Crippen molar-refractivity contribution in [3.8, 4) is 6.07 Å². The van der Waals surface area contributed by atoms with Crippen molar-refractivity contribution in [2.45, 2.75) is 10.8 Å². The normalized spacial score (nSPS) is 18.1. The third kappa shape index (κ3) is 5.19. The van der Waals surface area contributed by atoms with E-state index in [4.69, 9.17) is 19.9 Å². The van der Waals surface area contributed by atoms with Crippen LogP contribution >= 0.6 is 0 Å². The first-order valence-electron chi connectivity index (χ1n) is 12.0. The van der Waals surface area contributed by atoms with Gasteiger partial charge in [-0.2, -0.15) is 5.26 Å². The van der Waals surface area contributed by atoms with E-state index in [-0.39, 0.29) is 33.2 Å². The van der Waals surface area contributed by atoms with Gasteiger partial charge in [0, 0.05) is 25.0 Å². The van der Waals surface area contributed by atoms with E-state index in [1.165, 1.54) is 6.07 Å². The average molecular weight is 553 g/mol. The van der Waals surface area contributed by atoms with E-state index in [1.807, 2.05) is 4.90 Å². The SMILES string of the molecule is COC(=O)C1=C(C(=O)OC)N(c2cc(N3CCOCC3)ccc2S(C)(=O)=O)C(N)=C(C#N)C1c1ccccc1. The molecule has 12 heteroatoms. The van der Waals surface area contributed by atoms with Crippen LogP contribution in [0.1, 0.15) is 11.5 Å². The Kier molecular flexibility index (Phi) is 7.94. The number of hydrogen-bond donors (Lipinski definition) is 1. The lowest BCUT2D eigenvalue weighted by Gasteiger charge is -2.37. The monoisotopic (exact) mass is 552 g/mol. The van der Waals surface area contributed by atoms with Gasteiger partial charge in [-0.25, -0.2) is 18.0 Å². The fraction of sp³-hybridized carbons (Fsp3) is 0.296. The number of nitrogens with two attached hydrogens (primary N) is 1. The summed E-state index contributed by atoms with van der Waals surface area (Å²) < 4.78 is 41.4. The second kappa shape index (κ2) is 11.2. The molecule has 39 heavy (non-hydrogen) atoms.